The van der Waals surface area contributed by atoms with Crippen LogP contribution in [0.25, 0.3) is 0 Å². The molecule has 6 heteroatoms. The van der Waals surface area contributed by atoms with Gasteiger partial charge in [0.15, 0.2) is 5.60 Å². The molecular weight excluding hydrogens is 446 g/mol. The molecule has 1 atom stereocenters. The summed E-state index contributed by atoms with van der Waals surface area (Å²) in [5, 5.41) is 23.9. The van der Waals surface area contributed by atoms with E-state index in [9.17, 15) is 9.90 Å². The van der Waals surface area contributed by atoms with E-state index in [2.05, 4.69) is 22.3 Å². The molecule has 3 aromatic rings. The van der Waals surface area contributed by atoms with Gasteiger partial charge in [-0.1, -0.05) is 72.6 Å². The van der Waals surface area contributed by atoms with Crippen molar-refractivity contribution < 1.29 is 9.90 Å². The summed E-state index contributed by atoms with van der Waals surface area (Å²) in [6, 6.07) is 23.7. The van der Waals surface area contributed by atoms with Gasteiger partial charge in [0.2, 0.25) is 0 Å². The highest BCUT2D eigenvalue weighted by Gasteiger charge is 2.38. The van der Waals surface area contributed by atoms with Gasteiger partial charge < -0.3 is 10.4 Å². The summed E-state index contributed by atoms with van der Waals surface area (Å²) in [5.74, 6) is -0.555. The van der Waals surface area contributed by atoms with E-state index in [1.807, 2.05) is 24.3 Å². The maximum Gasteiger partial charge on any atom is 0.261 e. The van der Waals surface area contributed by atoms with Gasteiger partial charge in [-0.3, -0.25) is 9.69 Å². The number of nitriles is 1. The van der Waals surface area contributed by atoms with Crippen molar-refractivity contribution in [1.29, 1.82) is 5.26 Å². The Morgan fingerprint density at radius 2 is 1.74 bits per heavy atom. The highest BCUT2D eigenvalue weighted by atomic mass is 35.5. The van der Waals surface area contributed by atoms with Crippen LogP contribution in [0.1, 0.15) is 41.5 Å². The molecule has 1 amide bonds. The van der Waals surface area contributed by atoms with Gasteiger partial charge in [0, 0.05) is 18.7 Å². The third-order valence-corrected chi connectivity index (χ3v) is 6.59. The molecule has 3 aromatic carbocycles. The van der Waals surface area contributed by atoms with Crippen LogP contribution in [0.5, 0.6) is 0 Å². The average Bonchev–Trinajstić information content (AvgIpc) is 2.85. The molecule has 0 aliphatic carbocycles. The molecule has 34 heavy (non-hydrogen) atoms. The fraction of sp³-hybridized carbons (Fsp3) is 0.286. The van der Waals surface area contributed by atoms with Crippen LogP contribution in [-0.4, -0.2) is 29.0 Å². The second-order valence-electron chi connectivity index (χ2n) is 8.82. The molecule has 1 fully saturated rings. The number of benzene rings is 3. The van der Waals surface area contributed by atoms with Crippen molar-refractivity contribution in [2.24, 2.45) is 0 Å². The lowest BCUT2D eigenvalue weighted by molar-refractivity contribution is -0.135. The van der Waals surface area contributed by atoms with E-state index in [0.717, 1.165) is 25.2 Å². The summed E-state index contributed by atoms with van der Waals surface area (Å²) in [4.78, 5) is 15.9. The second kappa shape index (κ2) is 10.8. The molecule has 1 unspecified atom stereocenters. The number of nitrogens with zero attached hydrogens (tertiary/aromatic N) is 2. The summed E-state index contributed by atoms with van der Waals surface area (Å²) in [7, 11) is 0. The average molecular weight is 474 g/mol. The summed E-state index contributed by atoms with van der Waals surface area (Å²) in [5.41, 5.74) is 1.52. The van der Waals surface area contributed by atoms with Gasteiger partial charge in [-0.25, -0.2) is 0 Å². The van der Waals surface area contributed by atoms with Gasteiger partial charge in [-0.2, -0.15) is 5.26 Å². The summed E-state index contributed by atoms with van der Waals surface area (Å²) in [6.45, 7) is 3.08. The van der Waals surface area contributed by atoms with Gasteiger partial charge in [-0.05, 0) is 60.8 Å². The first-order valence-electron chi connectivity index (χ1n) is 11.6. The number of carbonyl (C=O) groups excluding carboxylic acids is 1. The topological polar surface area (TPSA) is 76.4 Å². The van der Waals surface area contributed by atoms with Crippen LogP contribution in [0.4, 0.5) is 5.69 Å². The number of piperidine rings is 1. The molecule has 1 heterocycles. The van der Waals surface area contributed by atoms with E-state index < -0.39 is 11.5 Å². The number of nitrogens with one attached hydrogen (secondary N) is 1. The number of aliphatic hydroxyl groups is 1. The number of anilines is 1. The fourth-order valence-corrected chi connectivity index (χ4v) is 4.68. The van der Waals surface area contributed by atoms with E-state index in [0.29, 0.717) is 16.8 Å². The molecule has 0 spiro atoms. The minimum atomic E-state index is -1.79. The maximum atomic E-state index is 13.4. The number of hydrogen-bond donors (Lipinski definition) is 2. The largest absolute Gasteiger partial charge is 0.375 e. The van der Waals surface area contributed by atoms with Gasteiger partial charge in [0.1, 0.15) is 6.07 Å². The number of carbonyl (C=O) groups is 1. The molecular formula is C28H28ClN3O2. The van der Waals surface area contributed by atoms with Crippen LogP contribution in [0, 0.1) is 11.3 Å². The second-order valence-corrected chi connectivity index (χ2v) is 9.23. The van der Waals surface area contributed by atoms with Crippen molar-refractivity contribution >= 4 is 23.2 Å². The highest BCUT2D eigenvalue weighted by Crippen LogP contribution is 2.29. The van der Waals surface area contributed by atoms with Crippen molar-refractivity contribution in [3.05, 3.63) is 100 Å². The van der Waals surface area contributed by atoms with Crippen molar-refractivity contribution in [3.63, 3.8) is 0 Å². The van der Waals surface area contributed by atoms with E-state index >= 15 is 0 Å². The molecule has 1 aliphatic heterocycles. The number of rotatable bonds is 7. The molecule has 1 aliphatic rings. The molecule has 0 bridgehead atoms. The van der Waals surface area contributed by atoms with Crippen LogP contribution < -0.4 is 5.32 Å². The Morgan fingerprint density at radius 1 is 1.00 bits per heavy atom. The van der Waals surface area contributed by atoms with E-state index in [1.165, 1.54) is 30.9 Å². The van der Waals surface area contributed by atoms with E-state index in [1.54, 1.807) is 36.4 Å². The molecule has 0 saturated carbocycles. The van der Waals surface area contributed by atoms with Crippen LogP contribution in [0.2, 0.25) is 5.02 Å². The first-order chi connectivity index (χ1) is 16.5. The van der Waals surface area contributed by atoms with E-state index in [4.69, 9.17) is 16.9 Å². The third kappa shape index (κ3) is 5.66. The molecule has 4 rings (SSSR count). The zero-order chi connectivity index (χ0) is 24.0. The summed E-state index contributed by atoms with van der Waals surface area (Å²) < 4.78 is 0. The summed E-state index contributed by atoms with van der Waals surface area (Å²) >= 11 is 6.13. The molecule has 2 N–H and O–H groups in total. The Hall–Kier alpha value is -3.17. The van der Waals surface area contributed by atoms with Crippen molar-refractivity contribution in [3.8, 4) is 6.07 Å². The lowest BCUT2D eigenvalue weighted by Crippen LogP contribution is -2.42. The monoisotopic (exact) mass is 473 g/mol. The van der Waals surface area contributed by atoms with Crippen molar-refractivity contribution in [1.82, 2.24) is 4.90 Å². The number of hydrogen-bond acceptors (Lipinski definition) is 4. The molecule has 0 radical (unpaired) electrons. The van der Waals surface area contributed by atoms with Gasteiger partial charge in [0.25, 0.3) is 5.91 Å². The minimum absolute atomic E-state index is 0.126. The molecule has 174 valence electrons. The molecule has 5 nitrogen and oxygen atoms in total. The Bertz CT molecular complexity index is 1190. The Morgan fingerprint density at radius 3 is 2.44 bits per heavy atom. The Balaban J connectivity index is 1.59. The predicted molar refractivity (Wildman–Crippen MR) is 134 cm³/mol. The van der Waals surface area contributed by atoms with Crippen LogP contribution in [0.15, 0.2) is 72.8 Å². The predicted octanol–water partition coefficient (Wildman–Crippen LogP) is 5.27. The lowest BCUT2D eigenvalue weighted by atomic mass is 9.85. The molecule has 1 saturated heterocycles. The van der Waals surface area contributed by atoms with Gasteiger partial charge in [0.05, 0.1) is 10.6 Å². The van der Waals surface area contributed by atoms with Crippen molar-refractivity contribution in [2.75, 3.05) is 18.4 Å². The number of halogens is 1. The Kier molecular flexibility index (Phi) is 7.64. The van der Waals surface area contributed by atoms with Crippen LogP contribution in [0.3, 0.4) is 0 Å². The van der Waals surface area contributed by atoms with Gasteiger partial charge in [-0.15, -0.1) is 0 Å². The summed E-state index contributed by atoms with van der Waals surface area (Å²) in [6.07, 6.45) is 3.88. The third-order valence-electron chi connectivity index (χ3n) is 6.28. The normalized spacial score (nSPS) is 15.8. The van der Waals surface area contributed by atoms with Gasteiger partial charge >= 0.3 is 0 Å². The lowest BCUT2D eigenvalue weighted by Gasteiger charge is -2.29. The smallest absolute Gasteiger partial charge is 0.261 e. The molecule has 0 aromatic heterocycles. The van der Waals surface area contributed by atoms with Crippen molar-refractivity contribution in [2.45, 2.75) is 37.8 Å². The quantitative estimate of drug-likeness (QED) is 0.490. The highest BCUT2D eigenvalue weighted by molar-refractivity contribution is 6.32. The Labute approximate surface area is 205 Å². The zero-order valence-electron chi connectivity index (χ0n) is 19.0. The van der Waals surface area contributed by atoms with Crippen LogP contribution >= 0.6 is 11.6 Å². The number of likely N-dealkylation sites (tertiary alicyclic amines) is 1. The number of amides is 1. The van der Waals surface area contributed by atoms with Crippen LogP contribution in [-0.2, 0) is 23.4 Å². The fourth-order valence-electron chi connectivity index (χ4n) is 4.45. The maximum absolute atomic E-state index is 13.4. The zero-order valence-corrected chi connectivity index (χ0v) is 19.8. The first kappa shape index (κ1) is 24.0. The SMILES string of the molecule is N#Cc1ccc(NC(=O)C(O)(Cc2cccc(CN3CCCCC3)c2)c2ccccc2)cc1Cl. The minimum Gasteiger partial charge on any atom is -0.375 e. The standard InChI is InChI=1S/C28H28ClN3O2/c29-26-17-25(13-12-23(26)19-30)31-27(33)28(34,24-10-3-1-4-11-24)18-21-8-7-9-22(16-21)20-32-14-5-2-6-15-32/h1,3-4,7-13,16-17,34H,2,5-6,14-15,18,20H2,(H,31,33). The van der Waals surface area contributed by atoms with E-state index in [-0.39, 0.29) is 11.4 Å². The first-order valence-corrected chi connectivity index (χ1v) is 11.9.